The minimum atomic E-state index is -0.650. The van der Waals surface area contributed by atoms with Crippen LogP contribution >= 0.6 is 11.8 Å². The fourth-order valence-corrected chi connectivity index (χ4v) is 2.81. The summed E-state index contributed by atoms with van der Waals surface area (Å²) < 4.78 is 9.46. The van der Waals surface area contributed by atoms with Crippen molar-refractivity contribution in [1.29, 1.82) is 0 Å². The summed E-state index contributed by atoms with van der Waals surface area (Å²) in [5.74, 6) is -1.58. The molecule has 0 saturated carbocycles. The van der Waals surface area contributed by atoms with E-state index in [0.717, 1.165) is 17.8 Å². The number of methoxy groups -OCH3 is 1. The van der Waals surface area contributed by atoms with Crippen molar-refractivity contribution in [1.82, 2.24) is 14.9 Å². The predicted octanol–water partition coefficient (Wildman–Crippen LogP) is 1.39. The second kappa shape index (κ2) is 8.29. The Labute approximate surface area is 147 Å². The third-order valence-electron chi connectivity index (χ3n) is 2.95. The van der Waals surface area contributed by atoms with E-state index in [-0.39, 0.29) is 34.7 Å². The monoisotopic (exact) mass is 364 g/mol. The highest BCUT2D eigenvalue weighted by molar-refractivity contribution is 8.18. The van der Waals surface area contributed by atoms with Crippen molar-refractivity contribution in [3.63, 3.8) is 0 Å². The van der Waals surface area contributed by atoms with Gasteiger partial charge in [0.2, 0.25) is 0 Å². The normalized spacial score (nSPS) is 17.2. The summed E-state index contributed by atoms with van der Waals surface area (Å²) in [5, 5.41) is 0.262. The molecule has 1 fully saturated rings. The lowest BCUT2D eigenvalue weighted by Gasteiger charge is -2.12. The smallest absolute Gasteiger partial charge is 0.358 e. The molecule has 0 radical (unpaired) electrons. The van der Waals surface area contributed by atoms with Gasteiger partial charge in [-0.1, -0.05) is 6.08 Å². The van der Waals surface area contributed by atoms with E-state index in [2.05, 4.69) is 26.3 Å². The van der Waals surface area contributed by atoms with Gasteiger partial charge in [0.15, 0.2) is 16.7 Å². The van der Waals surface area contributed by atoms with Gasteiger partial charge in [-0.3, -0.25) is 9.69 Å². The van der Waals surface area contributed by atoms with Crippen LogP contribution in [0.25, 0.3) is 0 Å². The number of thioether (sulfide) groups is 1. The van der Waals surface area contributed by atoms with Gasteiger partial charge in [-0.15, -0.1) is 6.58 Å². The van der Waals surface area contributed by atoms with Crippen molar-refractivity contribution in [2.45, 2.75) is 6.92 Å². The van der Waals surface area contributed by atoms with Crippen LogP contribution in [-0.4, -0.2) is 58.1 Å². The molecule has 2 heterocycles. The molecule has 1 aliphatic heterocycles. The van der Waals surface area contributed by atoms with E-state index in [0.29, 0.717) is 0 Å². The first-order chi connectivity index (χ1) is 12.0. The van der Waals surface area contributed by atoms with Crippen LogP contribution in [0.3, 0.4) is 0 Å². The SMILES string of the molecule is C=CCN1C(=O)/C(=C\C(=O)OC)SC1=Nc1nc[nH]c1C(=O)OCC. The van der Waals surface area contributed by atoms with Crippen molar-refractivity contribution >= 4 is 40.6 Å². The lowest BCUT2D eigenvalue weighted by atomic mass is 10.4. The summed E-state index contributed by atoms with van der Waals surface area (Å²) in [6.07, 6.45) is 3.91. The number of aliphatic imine (C=N–C) groups is 1. The maximum Gasteiger partial charge on any atom is 0.358 e. The summed E-state index contributed by atoms with van der Waals surface area (Å²) in [6, 6.07) is 0. The molecule has 0 bridgehead atoms. The molecule has 0 unspecified atom stereocenters. The number of rotatable bonds is 6. The van der Waals surface area contributed by atoms with Crippen molar-refractivity contribution in [3.05, 3.63) is 35.7 Å². The molecule has 0 atom stereocenters. The lowest BCUT2D eigenvalue weighted by Crippen LogP contribution is -2.29. The van der Waals surface area contributed by atoms with Gasteiger partial charge in [-0.2, -0.15) is 0 Å². The van der Waals surface area contributed by atoms with Gasteiger partial charge >= 0.3 is 11.9 Å². The maximum absolute atomic E-state index is 12.4. The van der Waals surface area contributed by atoms with Crippen LogP contribution in [-0.2, 0) is 19.1 Å². The largest absolute Gasteiger partial charge is 0.466 e. The molecule has 10 heteroatoms. The number of amides is 1. The Hall–Kier alpha value is -2.88. The number of carbonyl (C=O) groups is 3. The first-order valence-electron chi connectivity index (χ1n) is 7.21. The van der Waals surface area contributed by atoms with E-state index in [4.69, 9.17) is 4.74 Å². The second-order valence-corrected chi connectivity index (χ2v) is 5.56. The number of ether oxygens (including phenoxy) is 2. The average molecular weight is 364 g/mol. The van der Waals surface area contributed by atoms with Crippen LogP contribution in [0.5, 0.6) is 0 Å². The molecule has 0 aliphatic carbocycles. The number of nitrogens with zero attached hydrogens (tertiary/aromatic N) is 3. The number of nitrogens with one attached hydrogen (secondary N) is 1. The number of imidazole rings is 1. The highest BCUT2D eigenvalue weighted by atomic mass is 32.2. The van der Waals surface area contributed by atoms with Gasteiger partial charge in [0, 0.05) is 12.6 Å². The highest BCUT2D eigenvalue weighted by Crippen LogP contribution is 2.32. The maximum atomic E-state index is 12.4. The van der Waals surface area contributed by atoms with Crippen molar-refractivity contribution in [2.75, 3.05) is 20.3 Å². The standard InChI is InChI=1S/C15H16N4O5S/c1-4-6-19-13(21)9(7-10(20)23-3)25-15(19)18-12-11(16-8-17-12)14(22)24-5-2/h4,7-8H,1,5-6H2,2-3H3,(H,16,17)/b9-7+,18-15?. The number of carbonyl (C=O) groups excluding carboxylic acids is 3. The zero-order valence-corrected chi connectivity index (χ0v) is 14.5. The number of hydrogen-bond acceptors (Lipinski definition) is 8. The fraction of sp³-hybridized carbons (Fsp3) is 0.267. The number of hydrogen-bond donors (Lipinski definition) is 1. The molecule has 1 amide bonds. The number of aromatic amines is 1. The third-order valence-corrected chi connectivity index (χ3v) is 3.96. The predicted molar refractivity (Wildman–Crippen MR) is 91.2 cm³/mol. The molecular weight excluding hydrogens is 348 g/mol. The van der Waals surface area contributed by atoms with Gasteiger partial charge in [0.25, 0.3) is 5.91 Å². The Morgan fingerprint density at radius 3 is 2.92 bits per heavy atom. The minimum absolute atomic E-state index is 0.0753. The molecule has 1 saturated heterocycles. The van der Waals surface area contributed by atoms with Crippen molar-refractivity contribution in [3.8, 4) is 0 Å². The first kappa shape index (κ1) is 18.5. The average Bonchev–Trinajstić information content (AvgIpc) is 3.16. The van der Waals surface area contributed by atoms with Crippen molar-refractivity contribution in [2.24, 2.45) is 4.99 Å². The van der Waals surface area contributed by atoms with Gasteiger partial charge in [-0.25, -0.2) is 19.6 Å². The van der Waals surface area contributed by atoms with Gasteiger partial charge in [0.1, 0.15) is 0 Å². The molecule has 0 aromatic carbocycles. The van der Waals surface area contributed by atoms with E-state index < -0.39 is 17.8 Å². The fourth-order valence-electron chi connectivity index (χ4n) is 1.86. The molecule has 1 aromatic heterocycles. The molecule has 2 rings (SSSR count). The number of esters is 2. The summed E-state index contributed by atoms with van der Waals surface area (Å²) in [5.41, 5.74) is 0.0753. The van der Waals surface area contributed by atoms with Gasteiger partial charge < -0.3 is 14.5 Å². The Morgan fingerprint density at radius 1 is 1.52 bits per heavy atom. The zero-order chi connectivity index (χ0) is 18.4. The molecule has 1 aromatic rings. The first-order valence-corrected chi connectivity index (χ1v) is 8.02. The Kier molecular flexibility index (Phi) is 6.12. The minimum Gasteiger partial charge on any atom is -0.466 e. The summed E-state index contributed by atoms with van der Waals surface area (Å²) >= 11 is 0.975. The molecule has 0 spiro atoms. The van der Waals surface area contributed by atoms with E-state index in [1.165, 1.54) is 24.4 Å². The Bertz CT molecular complexity index is 768. The molecule has 132 valence electrons. The Morgan fingerprint density at radius 2 is 2.28 bits per heavy atom. The van der Waals surface area contributed by atoms with Crippen LogP contribution in [0.15, 0.2) is 35.0 Å². The molecule has 1 aliphatic rings. The summed E-state index contributed by atoms with van der Waals surface area (Å²) in [6.45, 7) is 5.67. The topological polar surface area (TPSA) is 114 Å². The molecule has 25 heavy (non-hydrogen) atoms. The van der Waals surface area contributed by atoms with E-state index >= 15 is 0 Å². The molecule has 1 N–H and O–H groups in total. The summed E-state index contributed by atoms with van der Waals surface area (Å²) in [7, 11) is 1.22. The number of H-pyrrole nitrogens is 1. The zero-order valence-electron chi connectivity index (χ0n) is 13.6. The van der Waals surface area contributed by atoms with Crippen molar-refractivity contribution < 1.29 is 23.9 Å². The highest BCUT2D eigenvalue weighted by Gasteiger charge is 2.34. The number of amidine groups is 1. The third kappa shape index (κ3) is 4.15. The number of aromatic nitrogens is 2. The van der Waals surface area contributed by atoms with Crippen LogP contribution < -0.4 is 0 Å². The van der Waals surface area contributed by atoms with Crippen LogP contribution in [0, 0.1) is 0 Å². The van der Waals surface area contributed by atoms with E-state index in [9.17, 15) is 14.4 Å². The van der Waals surface area contributed by atoms with Crippen LogP contribution in [0.2, 0.25) is 0 Å². The quantitative estimate of drug-likeness (QED) is 0.461. The second-order valence-electron chi connectivity index (χ2n) is 4.55. The van der Waals surface area contributed by atoms with Crippen LogP contribution in [0.4, 0.5) is 5.82 Å². The van der Waals surface area contributed by atoms with E-state index in [1.54, 1.807) is 6.92 Å². The van der Waals surface area contributed by atoms with E-state index in [1.807, 2.05) is 0 Å². The lowest BCUT2D eigenvalue weighted by molar-refractivity contribution is -0.135. The van der Waals surface area contributed by atoms with Gasteiger partial charge in [-0.05, 0) is 18.7 Å². The van der Waals surface area contributed by atoms with Crippen LogP contribution in [0.1, 0.15) is 17.4 Å². The Balaban J connectivity index is 2.38. The summed E-state index contributed by atoms with van der Waals surface area (Å²) in [4.78, 5) is 48.0. The molecular formula is C15H16N4O5S. The molecule has 9 nitrogen and oxygen atoms in total. The van der Waals surface area contributed by atoms with Gasteiger partial charge in [0.05, 0.1) is 24.9 Å².